The van der Waals surface area contributed by atoms with E-state index in [-0.39, 0.29) is 11.7 Å². The van der Waals surface area contributed by atoms with E-state index in [1.54, 1.807) is 0 Å². The summed E-state index contributed by atoms with van der Waals surface area (Å²) in [5.41, 5.74) is 3.49. The number of carbonyl (C=O) groups is 2. The zero-order valence-electron chi connectivity index (χ0n) is 16.8. The predicted octanol–water partition coefficient (Wildman–Crippen LogP) is 2.85. The van der Waals surface area contributed by atoms with Crippen LogP contribution >= 0.6 is 0 Å². The molecule has 0 radical (unpaired) electrons. The molecule has 0 N–H and O–H groups in total. The quantitative estimate of drug-likeness (QED) is 0.708. The summed E-state index contributed by atoms with van der Waals surface area (Å²) in [5, 5.41) is 0. The molecule has 1 aromatic rings. The van der Waals surface area contributed by atoms with Gasteiger partial charge in [0.25, 0.3) is 0 Å². The zero-order chi connectivity index (χ0) is 19.3. The second-order valence-corrected chi connectivity index (χ2v) is 8.43. The monoisotopic (exact) mass is 384 g/mol. The largest absolute Gasteiger partial charge is 0.377 e. The normalized spacial score (nSPS) is 22.9. The first-order chi connectivity index (χ1) is 13.7. The highest BCUT2D eigenvalue weighted by molar-refractivity contribution is 5.98. The van der Waals surface area contributed by atoms with Gasteiger partial charge in [-0.1, -0.05) is 12.1 Å². The van der Waals surface area contributed by atoms with Crippen LogP contribution in [0, 0.1) is 0 Å². The standard InChI is InChI=1S/C23H32N2O3/c26-22(20-8-7-18-4-1-2-5-19(18)16-20)9-10-23(27)25-13-11-24(12-14-25)17-21-6-3-15-28-21/h7-8,16,21H,1-6,9-15,17H2/t21-/m1/s1. The van der Waals surface area contributed by atoms with E-state index in [9.17, 15) is 9.59 Å². The van der Waals surface area contributed by atoms with Crippen LogP contribution in [-0.2, 0) is 22.4 Å². The van der Waals surface area contributed by atoms with E-state index in [4.69, 9.17) is 4.74 Å². The molecule has 5 nitrogen and oxygen atoms in total. The number of amides is 1. The van der Waals surface area contributed by atoms with E-state index in [1.165, 1.54) is 30.4 Å². The fraction of sp³-hybridized carbons (Fsp3) is 0.652. The Balaban J connectivity index is 1.21. The van der Waals surface area contributed by atoms with Crippen molar-refractivity contribution in [2.45, 2.75) is 57.5 Å². The third-order valence-electron chi connectivity index (χ3n) is 6.45. The van der Waals surface area contributed by atoms with Crippen LogP contribution in [0.25, 0.3) is 0 Å². The van der Waals surface area contributed by atoms with Crippen LogP contribution in [0.5, 0.6) is 0 Å². The maximum absolute atomic E-state index is 12.6. The van der Waals surface area contributed by atoms with Gasteiger partial charge in [0.15, 0.2) is 5.78 Å². The molecule has 0 bridgehead atoms. The molecule has 2 heterocycles. The molecule has 28 heavy (non-hydrogen) atoms. The lowest BCUT2D eigenvalue weighted by molar-refractivity contribution is -0.133. The van der Waals surface area contributed by atoms with Crippen LogP contribution in [0.3, 0.4) is 0 Å². The number of ether oxygens (including phenoxy) is 1. The number of ketones is 1. The molecule has 2 saturated heterocycles. The number of rotatable bonds is 6. The van der Waals surface area contributed by atoms with Crippen molar-refractivity contribution in [1.82, 2.24) is 9.80 Å². The van der Waals surface area contributed by atoms with E-state index in [0.717, 1.165) is 64.2 Å². The second-order valence-electron chi connectivity index (χ2n) is 8.43. The molecular formula is C23H32N2O3. The summed E-state index contributed by atoms with van der Waals surface area (Å²) in [6, 6.07) is 6.11. The zero-order valence-corrected chi connectivity index (χ0v) is 16.8. The molecule has 1 atom stereocenters. The molecule has 2 fully saturated rings. The predicted molar refractivity (Wildman–Crippen MR) is 109 cm³/mol. The van der Waals surface area contributed by atoms with E-state index < -0.39 is 0 Å². The second kappa shape index (κ2) is 9.19. The van der Waals surface area contributed by atoms with Crippen molar-refractivity contribution in [3.8, 4) is 0 Å². The molecule has 2 aliphatic heterocycles. The molecule has 4 rings (SSSR count). The van der Waals surface area contributed by atoms with Crippen molar-refractivity contribution < 1.29 is 14.3 Å². The Morgan fingerprint density at radius 2 is 1.75 bits per heavy atom. The first kappa shape index (κ1) is 19.6. The molecular weight excluding hydrogens is 352 g/mol. The minimum Gasteiger partial charge on any atom is -0.377 e. The molecule has 3 aliphatic rings. The van der Waals surface area contributed by atoms with Gasteiger partial charge in [0.2, 0.25) is 5.91 Å². The van der Waals surface area contributed by atoms with Crippen molar-refractivity contribution in [2.24, 2.45) is 0 Å². The van der Waals surface area contributed by atoms with Crippen LogP contribution in [0.4, 0.5) is 0 Å². The molecule has 1 aromatic carbocycles. The lowest BCUT2D eigenvalue weighted by atomic mass is 9.89. The van der Waals surface area contributed by atoms with Crippen LogP contribution in [0.15, 0.2) is 18.2 Å². The summed E-state index contributed by atoms with van der Waals surface area (Å²) >= 11 is 0. The van der Waals surface area contributed by atoms with E-state index in [2.05, 4.69) is 17.0 Å². The molecule has 1 aliphatic carbocycles. The Labute approximate surface area is 168 Å². The number of carbonyl (C=O) groups excluding carboxylic acids is 2. The number of hydrogen-bond acceptors (Lipinski definition) is 4. The highest BCUT2D eigenvalue weighted by Crippen LogP contribution is 2.23. The van der Waals surface area contributed by atoms with Crippen LogP contribution in [-0.4, -0.2) is 66.9 Å². The summed E-state index contributed by atoms with van der Waals surface area (Å²) in [6.07, 6.45) is 7.99. The van der Waals surface area contributed by atoms with Gasteiger partial charge in [-0.15, -0.1) is 0 Å². The van der Waals surface area contributed by atoms with Gasteiger partial charge in [-0.05, 0) is 55.7 Å². The Bertz CT molecular complexity index is 704. The Morgan fingerprint density at radius 3 is 2.50 bits per heavy atom. The molecule has 1 amide bonds. The highest BCUT2D eigenvalue weighted by atomic mass is 16.5. The molecule has 0 saturated carbocycles. The van der Waals surface area contributed by atoms with Crippen molar-refractivity contribution in [1.29, 1.82) is 0 Å². The van der Waals surface area contributed by atoms with Crippen molar-refractivity contribution in [3.05, 3.63) is 34.9 Å². The van der Waals surface area contributed by atoms with Gasteiger partial charge in [0.1, 0.15) is 0 Å². The van der Waals surface area contributed by atoms with Crippen LogP contribution in [0.1, 0.15) is 60.0 Å². The Hall–Kier alpha value is -1.72. The number of benzene rings is 1. The number of piperazine rings is 1. The summed E-state index contributed by atoms with van der Waals surface area (Å²) in [6.45, 7) is 5.21. The van der Waals surface area contributed by atoms with Gasteiger partial charge in [0, 0.05) is 57.7 Å². The minimum absolute atomic E-state index is 0.0961. The van der Waals surface area contributed by atoms with Crippen molar-refractivity contribution in [3.63, 3.8) is 0 Å². The summed E-state index contributed by atoms with van der Waals surface area (Å²) < 4.78 is 5.71. The van der Waals surface area contributed by atoms with Crippen molar-refractivity contribution >= 4 is 11.7 Å². The summed E-state index contributed by atoms with van der Waals surface area (Å²) in [5.74, 6) is 0.210. The SMILES string of the molecule is O=C(CCC(=O)N1CCN(C[C@H]2CCCO2)CC1)c1ccc2c(c1)CCCC2. The lowest BCUT2D eigenvalue weighted by Gasteiger charge is -2.35. The molecule has 5 heteroatoms. The van der Waals surface area contributed by atoms with Gasteiger partial charge < -0.3 is 9.64 Å². The highest BCUT2D eigenvalue weighted by Gasteiger charge is 2.25. The number of nitrogens with zero attached hydrogens (tertiary/aromatic N) is 2. The third kappa shape index (κ3) is 4.81. The van der Waals surface area contributed by atoms with Gasteiger partial charge in [-0.3, -0.25) is 14.5 Å². The fourth-order valence-electron chi connectivity index (χ4n) is 4.69. The van der Waals surface area contributed by atoms with E-state index in [0.29, 0.717) is 18.9 Å². The number of Topliss-reactive ketones (excluding diaryl/α,β-unsaturated/α-hetero) is 1. The van der Waals surface area contributed by atoms with E-state index >= 15 is 0 Å². The third-order valence-corrected chi connectivity index (χ3v) is 6.45. The van der Waals surface area contributed by atoms with Crippen LogP contribution < -0.4 is 0 Å². The smallest absolute Gasteiger partial charge is 0.223 e. The minimum atomic E-state index is 0.0961. The summed E-state index contributed by atoms with van der Waals surface area (Å²) in [7, 11) is 0. The van der Waals surface area contributed by atoms with Gasteiger partial charge in [-0.25, -0.2) is 0 Å². The van der Waals surface area contributed by atoms with Gasteiger partial charge >= 0.3 is 0 Å². The van der Waals surface area contributed by atoms with Crippen molar-refractivity contribution in [2.75, 3.05) is 39.3 Å². The first-order valence-electron chi connectivity index (χ1n) is 11.0. The number of fused-ring (bicyclic) bond motifs is 1. The molecule has 152 valence electrons. The van der Waals surface area contributed by atoms with Crippen LogP contribution in [0.2, 0.25) is 0 Å². The summed E-state index contributed by atoms with van der Waals surface area (Å²) in [4.78, 5) is 29.4. The fourth-order valence-corrected chi connectivity index (χ4v) is 4.69. The Morgan fingerprint density at radius 1 is 0.964 bits per heavy atom. The topological polar surface area (TPSA) is 49.9 Å². The number of hydrogen-bond donors (Lipinski definition) is 0. The van der Waals surface area contributed by atoms with Gasteiger partial charge in [0.05, 0.1) is 6.10 Å². The average Bonchev–Trinajstić information content (AvgIpc) is 3.25. The maximum Gasteiger partial charge on any atom is 0.223 e. The molecule has 0 unspecified atom stereocenters. The first-order valence-corrected chi connectivity index (χ1v) is 11.0. The van der Waals surface area contributed by atoms with E-state index in [1.807, 2.05) is 11.0 Å². The lowest BCUT2D eigenvalue weighted by Crippen LogP contribution is -2.50. The Kier molecular flexibility index (Phi) is 6.43. The average molecular weight is 385 g/mol. The molecule has 0 aromatic heterocycles. The molecule has 0 spiro atoms. The number of aryl methyl sites for hydroxylation is 2. The van der Waals surface area contributed by atoms with Gasteiger partial charge in [-0.2, -0.15) is 0 Å². The maximum atomic E-state index is 12.6.